The monoisotopic (exact) mass is 364 g/mol. The fourth-order valence-electron chi connectivity index (χ4n) is 4.20. The lowest BCUT2D eigenvalue weighted by molar-refractivity contribution is -0.143. The van der Waals surface area contributed by atoms with Crippen LogP contribution in [0.3, 0.4) is 0 Å². The minimum absolute atomic E-state index is 0.0267. The van der Waals surface area contributed by atoms with Crippen molar-refractivity contribution in [2.45, 2.75) is 44.8 Å². The molecular formula is C23H28N2O2. The van der Waals surface area contributed by atoms with Gasteiger partial charge in [0, 0.05) is 32.1 Å². The summed E-state index contributed by atoms with van der Waals surface area (Å²) in [6.45, 7) is 5.47. The van der Waals surface area contributed by atoms with Crippen molar-refractivity contribution in [3.05, 3.63) is 65.7 Å². The maximum Gasteiger partial charge on any atom is 0.239 e. The van der Waals surface area contributed by atoms with Crippen LogP contribution in [0.2, 0.25) is 0 Å². The molecule has 2 heterocycles. The minimum Gasteiger partial charge on any atom is -0.493 e. The second kappa shape index (κ2) is 8.13. The second-order valence-electron chi connectivity index (χ2n) is 7.66. The molecular weight excluding hydrogens is 336 g/mol. The number of ether oxygens (including phenoxy) is 1. The molecule has 2 aliphatic rings. The number of carbonyl (C=O) groups excluding carboxylic acids is 1. The lowest BCUT2D eigenvalue weighted by Gasteiger charge is -2.41. The largest absolute Gasteiger partial charge is 0.493 e. The molecule has 2 fully saturated rings. The number of benzene rings is 2. The van der Waals surface area contributed by atoms with Crippen molar-refractivity contribution in [3.63, 3.8) is 0 Å². The summed E-state index contributed by atoms with van der Waals surface area (Å²) >= 11 is 0. The number of fused-ring (bicyclic) bond motifs is 1. The lowest BCUT2D eigenvalue weighted by atomic mass is 10.1. The smallest absolute Gasteiger partial charge is 0.239 e. The highest BCUT2D eigenvalue weighted by Crippen LogP contribution is 2.27. The maximum atomic E-state index is 12.6. The van der Waals surface area contributed by atoms with Gasteiger partial charge >= 0.3 is 0 Å². The van der Waals surface area contributed by atoms with E-state index in [4.69, 9.17) is 4.74 Å². The number of rotatable bonds is 6. The van der Waals surface area contributed by atoms with E-state index in [1.807, 2.05) is 25.1 Å². The number of carbonyl (C=O) groups is 1. The summed E-state index contributed by atoms with van der Waals surface area (Å²) in [4.78, 5) is 17.0. The summed E-state index contributed by atoms with van der Waals surface area (Å²) in [5.74, 6) is 1.20. The van der Waals surface area contributed by atoms with Gasteiger partial charge in [-0.25, -0.2) is 0 Å². The fraction of sp³-hybridized carbons (Fsp3) is 0.435. The van der Waals surface area contributed by atoms with Crippen LogP contribution in [-0.2, 0) is 17.8 Å². The van der Waals surface area contributed by atoms with Crippen molar-refractivity contribution in [2.24, 2.45) is 0 Å². The summed E-state index contributed by atoms with van der Waals surface area (Å²) < 4.78 is 5.88. The molecule has 2 saturated heterocycles. The van der Waals surface area contributed by atoms with Crippen molar-refractivity contribution >= 4 is 5.91 Å². The molecule has 4 heteroatoms. The van der Waals surface area contributed by atoms with Crippen LogP contribution < -0.4 is 4.74 Å². The highest BCUT2D eigenvalue weighted by atomic mass is 16.5. The average molecular weight is 364 g/mol. The molecule has 2 atom stereocenters. The van der Waals surface area contributed by atoms with Crippen LogP contribution in [-0.4, -0.2) is 47.5 Å². The van der Waals surface area contributed by atoms with Gasteiger partial charge < -0.3 is 9.64 Å². The van der Waals surface area contributed by atoms with Crippen LogP contribution in [0.4, 0.5) is 0 Å². The van der Waals surface area contributed by atoms with Crippen molar-refractivity contribution in [1.29, 1.82) is 0 Å². The van der Waals surface area contributed by atoms with Gasteiger partial charge in [0.1, 0.15) is 5.75 Å². The summed E-state index contributed by atoms with van der Waals surface area (Å²) in [6, 6.07) is 19.1. The molecule has 0 radical (unpaired) electrons. The minimum atomic E-state index is -0.0267. The quantitative estimate of drug-likeness (QED) is 0.786. The number of nitrogens with zero attached hydrogens (tertiary/aromatic N) is 2. The number of hydrogen-bond donors (Lipinski definition) is 0. The molecule has 2 aromatic rings. The molecule has 0 unspecified atom stereocenters. The molecule has 0 aliphatic carbocycles. The van der Waals surface area contributed by atoms with E-state index in [1.165, 1.54) is 11.1 Å². The van der Waals surface area contributed by atoms with Crippen LogP contribution in [0, 0.1) is 0 Å². The van der Waals surface area contributed by atoms with E-state index in [-0.39, 0.29) is 6.04 Å². The Labute approximate surface area is 161 Å². The Morgan fingerprint density at radius 1 is 1.04 bits per heavy atom. The van der Waals surface area contributed by atoms with E-state index >= 15 is 0 Å². The molecule has 142 valence electrons. The van der Waals surface area contributed by atoms with E-state index < -0.39 is 0 Å². The van der Waals surface area contributed by atoms with Crippen molar-refractivity contribution in [1.82, 2.24) is 9.80 Å². The molecule has 0 saturated carbocycles. The van der Waals surface area contributed by atoms with Crippen molar-refractivity contribution < 1.29 is 9.53 Å². The van der Waals surface area contributed by atoms with E-state index in [9.17, 15) is 4.79 Å². The van der Waals surface area contributed by atoms with Crippen LogP contribution in [0.25, 0.3) is 0 Å². The highest BCUT2D eigenvalue weighted by molar-refractivity contribution is 5.83. The molecule has 27 heavy (non-hydrogen) atoms. The lowest BCUT2D eigenvalue weighted by Crippen LogP contribution is -2.58. The van der Waals surface area contributed by atoms with Gasteiger partial charge in [0.15, 0.2) is 0 Å². The highest BCUT2D eigenvalue weighted by Gasteiger charge is 2.39. The van der Waals surface area contributed by atoms with Crippen LogP contribution in [0.15, 0.2) is 54.6 Å². The summed E-state index contributed by atoms with van der Waals surface area (Å²) in [7, 11) is 0. The Balaban J connectivity index is 1.30. The summed E-state index contributed by atoms with van der Waals surface area (Å²) in [5, 5.41) is 0. The average Bonchev–Trinajstić information content (AvgIpc) is 3.17. The molecule has 0 aromatic heterocycles. The standard InChI is InChI=1S/C23H28N2O2/c1-18-23(26)25-14-5-8-21(25)17-24(18)16-20-9-11-22(12-10-20)27-15-13-19-6-3-2-4-7-19/h2-4,6-7,9-12,18,21H,5,8,13-17H2,1H3/t18-,21-/m1/s1. The number of hydrogen-bond acceptors (Lipinski definition) is 3. The molecule has 2 aliphatic heterocycles. The molecule has 0 N–H and O–H groups in total. The van der Waals surface area contributed by atoms with E-state index in [2.05, 4.69) is 46.2 Å². The van der Waals surface area contributed by atoms with Gasteiger partial charge in [-0.15, -0.1) is 0 Å². The van der Waals surface area contributed by atoms with E-state index in [0.717, 1.165) is 44.6 Å². The first-order chi connectivity index (χ1) is 13.2. The first-order valence-corrected chi connectivity index (χ1v) is 10.0. The zero-order valence-corrected chi connectivity index (χ0v) is 16.0. The topological polar surface area (TPSA) is 32.8 Å². The zero-order valence-electron chi connectivity index (χ0n) is 16.0. The van der Waals surface area contributed by atoms with Crippen LogP contribution in [0.1, 0.15) is 30.9 Å². The van der Waals surface area contributed by atoms with E-state index in [0.29, 0.717) is 18.6 Å². The number of piperazine rings is 1. The maximum absolute atomic E-state index is 12.6. The Morgan fingerprint density at radius 2 is 1.81 bits per heavy atom. The van der Waals surface area contributed by atoms with Crippen molar-refractivity contribution in [3.8, 4) is 5.75 Å². The van der Waals surface area contributed by atoms with Crippen LogP contribution in [0.5, 0.6) is 5.75 Å². The van der Waals surface area contributed by atoms with Gasteiger partial charge in [-0.1, -0.05) is 42.5 Å². The van der Waals surface area contributed by atoms with E-state index in [1.54, 1.807) is 0 Å². The predicted octanol–water partition coefficient (Wildman–Crippen LogP) is 3.50. The van der Waals surface area contributed by atoms with Gasteiger partial charge in [-0.05, 0) is 43.0 Å². The predicted molar refractivity (Wildman–Crippen MR) is 107 cm³/mol. The molecule has 4 nitrogen and oxygen atoms in total. The van der Waals surface area contributed by atoms with Crippen molar-refractivity contribution in [2.75, 3.05) is 19.7 Å². The third-order valence-electron chi connectivity index (χ3n) is 5.82. The Kier molecular flexibility index (Phi) is 5.44. The number of amides is 1. The Bertz CT molecular complexity index is 760. The Morgan fingerprint density at radius 3 is 2.59 bits per heavy atom. The summed E-state index contributed by atoms with van der Waals surface area (Å²) in [5.41, 5.74) is 2.52. The first kappa shape index (κ1) is 18.1. The third-order valence-corrected chi connectivity index (χ3v) is 5.82. The molecule has 0 bridgehead atoms. The normalized spacial score (nSPS) is 22.7. The third kappa shape index (κ3) is 4.16. The van der Waals surface area contributed by atoms with Gasteiger partial charge in [0.2, 0.25) is 5.91 Å². The van der Waals surface area contributed by atoms with Gasteiger partial charge in [0.25, 0.3) is 0 Å². The molecule has 4 rings (SSSR count). The second-order valence-corrected chi connectivity index (χ2v) is 7.66. The molecule has 0 spiro atoms. The Hall–Kier alpha value is -2.33. The zero-order chi connectivity index (χ0) is 18.6. The van der Waals surface area contributed by atoms with Gasteiger partial charge in [0.05, 0.1) is 12.6 Å². The molecule has 1 amide bonds. The molecule has 2 aromatic carbocycles. The SMILES string of the molecule is C[C@@H]1C(=O)N2CCC[C@@H]2CN1Cc1ccc(OCCc2ccccc2)cc1. The fourth-order valence-corrected chi connectivity index (χ4v) is 4.20. The first-order valence-electron chi connectivity index (χ1n) is 10.0. The van der Waals surface area contributed by atoms with Gasteiger partial charge in [-0.3, -0.25) is 9.69 Å². The van der Waals surface area contributed by atoms with Gasteiger partial charge in [-0.2, -0.15) is 0 Å². The van der Waals surface area contributed by atoms with Crippen LogP contribution >= 0.6 is 0 Å². The summed E-state index contributed by atoms with van der Waals surface area (Å²) in [6.07, 6.45) is 3.20.